The molecule has 6 nitrogen and oxygen atoms in total. The molecule has 0 bridgehead atoms. The van der Waals surface area contributed by atoms with Crippen molar-refractivity contribution in [2.24, 2.45) is 0 Å². The van der Waals surface area contributed by atoms with Gasteiger partial charge in [-0.05, 0) is 35.7 Å². The average Bonchev–Trinajstić information content (AvgIpc) is 2.88. The first-order valence-electron chi connectivity index (χ1n) is 11.4. The SMILES string of the molecule is Cc1ccc(O)c(N/C=C(/C#N)C(=O)N2CCN(C(c3ccccc3)c3ccccc3)CC2)c1. The number of nitrogens with one attached hydrogen (secondary N) is 1. The summed E-state index contributed by atoms with van der Waals surface area (Å²) in [5.41, 5.74) is 3.86. The van der Waals surface area contributed by atoms with Crippen molar-refractivity contribution in [3.63, 3.8) is 0 Å². The minimum atomic E-state index is -0.308. The lowest BCUT2D eigenvalue weighted by Gasteiger charge is -2.39. The topological polar surface area (TPSA) is 79.6 Å². The van der Waals surface area contributed by atoms with Gasteiger partial charge in [-0.15, -0.1) is 0 Å². The van der Waals surface area contributed by atoms with Gasteiger partial charge in [0.25, 0.3) is 5.91 Å². The Balaban J connectivity index is 1.46. The highest BCUT2D eigenvalue weighted by molar-refractivity contribution is 5.97. The van der Waals surface area contributed by atoms with E-state index in [1.54, 1.807) is 23.1 Å². The Morgan fingerprint density at radius 1 is 0.971 bits per heavy atom. The summed E-state index contributed by atoms with van der Waals surface area (Å²) in [7, 11) is 0. The van der Waals surface area contributed by atoms with Crippen LogP contribution in [0.5, 0.6) is 5.75 Å². The lowest BCUT2D eigenvalue weighted by atomic mass is 9.96. The van der Waals surface area contributed by atoms with E-state index in [4.69, 9.17) is 0 Å². The fourth-order valence-electron chi connectivity index (χ4n) is 4.30. The summed E-state index contributed by atoms with van der Waals surface area (Å²) in [6.45, 7) is 4.37. The van der Waals surface area contributed by atoms with E-state index in [-0.39, 0.29) is 23.3 Å². The van der Waals surface area contributed by atoms with E-state index in [9.17, 15) is 15.2 Å². The van der Waals surface area contributed by atoms with Crippen LogP contribution in [0.1, 0.15) is 22.7 Å². The fourth-order valence-corrected chi connectivity index (χ4v) is 4.30. The summed E-state index contributed by atoms with van der Waals surface area (Å²) in [4.78, 5) is 17.1. The molecule has 0 aromatic heterocycles. The maximum absolute atomic E-state index is 13.0. The van der Waals surface area contributed by atoms with Crippen LogP contribution in [0.15, 0.2) is 90.6 Å². The van der Waals surface area contributed by atoms with E-state index >= 15 is 0 Å². The summed E-state index contributed by atoms with van der Waals surface area (Å²) >= 11 is 0. The van der Waals surface area contributed by atoms with Gasteiger partial charge in [-0.3, -0.25) is 9.69 Å². The molecule has 3 aromatic rings. The predicted molar refractivity (Wildman–Crippen MR) is 133 cm³/mol. The summed E-state index contributed by atoms with van der Waals surface area (Å²) in [6, 6.07) is 28.0. The summed E-state index contributed by atoms with van der Waals surface area (Å²) in [6.07, 6.45) is 1.37. The standard InChI is InChI=1S/C28H28N4O2/c1-21-12-13-26(33)25(18-21)30-20-24(19-29)28(34)32-16-14-31(15-17-32)27(22-8-4-2-5-9-22)23-10-6-3-7-11-23/h2-13,18,20,27,30,33H,14-17H2,1H3/b24-20-. The number of phenolic OH excluding ortho intramolecular Hbond substituents is 1. The van der Waals surface area contributed by atoms with Crippen molar-refractivity contribution in [2.45, 2.75) is 13.0 Å². The second kappa shape index (κ2) is 10.7. The maximum Gasteiger partial charge on any atom is 0.266 e. The van der Waals surface area contributed by atoms with Gasteiger partial charge in [-0.1, -0.05) is 66.7 Å². The van der Waals surface area contributed by atoms with Crippen LogP contribution < -0.4 is 5.32 Å². The lowest BCUT2D eigenvalue weighted by molar-refractivity contribution is -0.128. The molecule has 0 aliphatic carbocycles. The predicted octanol–water partition coefficient (Wildman–Crippen LogP) is 4.45. The number of benzene rings is 3. The minimum Gasteiger partial charge on any atom is -0.506 e. The first kappa shape index (κ1) is 23.1. The number of nitriles is 1. The number of carbonyl (C=O) groups excluding carboxylic acids is 1. The van der Waals surface area contributed by atoms with E-state index in [0.29, 0.717) is 31.9 Å². The van der Waals surface area contributed by atoms with Crippen LogP contribution in [0.25, 0.3) is 0 Å². The van der Waals surface area contributed by atoms with Crippen molar-refractivity contribution in [3.05, 3.63) is 107 Å². The summed E-state index contributed by atoms with van der Waals surface area (Å²) < 4.78 is 0. The van der Waals surface area contributed by atoms with Gasteiger partial charge in [0.1, 0.15) is 17.4 Å². The number of anilines is 1. The van der Waals surface area contributed by atoms with Crippen LogP contribution in [-0.2, 0) is 4.79 Å². The molecule has 4 rings (SSSR count). The molecule has 2 N–H and O–H groups in total. The van der Waals surface area contributed by atoms with Gasteiger partial charge < -0.3 is 15.3 Å². The average molecular weight is 453 g/mol. The number of rotatable bonds is 6. The van der Waals surface area contributed by atoms with E-state index < -0.39 is 0 Å². The molecule has 0 saturated carbocycles. The largest absolute Gasteiger partial charge is 0.506 e. The normalized spacial score (nSPS) is 14.6. The van der Waals surface area contributed by atoms with E-state index in [0.717, 1.165) is 5.56 Å². The number of phenols is 1. The molecular formula is C28H28N4O2. The zero-order valence-corrected chi connectivity index (χ0v) is 19.2. The van der Waals surface area contributed by atoms with Gasteiger partial charge >= 0.3 is 0 Å². The molecule has 172 valence electrons. The smallest absolute Gasteiger partial charge is 0.266 e. The molecule has 1 amide bonds. The monoisotopic (exact) mass is 452 g/mol. The van der Waals surface area contributed by atoms with Crippen molar-refractivity contribution in [3.8, 4) is 11.8 Å². The van der Waals surface area contributed by atoms with Gasteiger partial charge in [0, 0.05) is 32.4 Å². The van der Waals surface area contributed by atoms with Crippen LogP contribution >= 0.6 is 0 Å². The third-order valence-electron chi connectivity index (χ3n) is 6.07. The molecule has 1 heterocycles. The number of carbonyl (C=O) groups is 1. The van der Waals surface area contributed by atoms with Crippen molar-refractivity contribution < 1.29 is 9.90 Å². The number of amides is 1. The highest BCUT2D eigenvalue weighted by Crippen LogP contribution is 2.30. The zero-order chi connectivity index (χ0) is 23.9. The highest BCUT2D eigenvalue weighted by Gasteiger charge is 2.29. The van der Waals surface area contributed by atoms with Crippen molar-refractivity contribution in [1.29, 1.82) is 5.26 Å². The van der Waals surface area contributed by atoms with Crippen LogP contribution in [0.4, 0.5) is 5.69 Å². The molecule has 1 saturated heterocycles. The molecule has 0 unspecified atom stereocenters. The third-order valence-corrected chi connectivity index (χ3v) is 6.07. The Morgan fingerprint density at radius 2 is 1.56 bits per heavy atom. The molecule has 6 heteroatoms. The molecule has 0 atom stereocenters. The summed E-state index contributed by atoms with van der Waals surface area (Å²) in [5.74, 6) is -0.245. The minimum absolute atomic E-state index is 0.0111. The van der Waals surface area contributed by atoms with Gasteiger partial charge in [-0.25, -0.2) is 0 Å². The Bertz CT molecular complexity index is 1150. The molecule has 1 fully saturated rings. The second-order valence-corrected chi connectivity index (χ2v) is 8.39. The molecule has 1 aliphatic rings. The van der Waals surface area contributed by atoms with Crippen molar-refractivity contribution >= 4 is 11.6 Å². The van der Waals surface area contributed by atoms with Gasteiger partial charge in [0.2, 0.25) is 0 Å². The van der Waals surface area contributed by atoms with E-state index in [1.807, 2.05) is 49.4 Å². The van der Waals surface area contributed by atoms with E-state index in [1.165, 1.54) is 17.3 Å². The van der Waals surface area contributed by atoms with Gasteiger partial charge in [0.05, 0.1) is 11.7 Å². The van der Waals surface area contributed by atoms with Gasteiger partial charge in [0.15, 0.2) is 0 Å². The third kappa shape index (κ3) is 5.28. The summed E-state index contributed by atoms with van der Waals surface area (Å²) in [5, 5.41) is 22.5. The molecular weight excluding hydrogens is 424 g/mol. The second-order valence-electron chi connectivity index (χ2n) is 8.39. The van der Waals surface area contributed by atoms with Crippen molar-refractivity contribution in [1.82, 2.24) is 9.80 Å². The van der Waals surface area contributed by atoms with Crippen LogP contribution in [0.3, 0.4) is 0 Å². The van der Waals surface area contributed by atoms with Gasteiger partial charge in [-0.2, -0.15) is 5.26 Å². The number of nitrogens with zero attached hydrogens (tertiary/aromatic N) is 3. The molecule has 1 aliphatic heterocycles. The number of hydrogen-bond acceptors (Lipinski definition) is 5. The van der Waals surface area contributed by atoms with E-state index in [2.05, 4.69) is 34.5 Å². The van der Waals surface area contributed by atoms with Crippen LogP contribution in [0, 0.1) is 18.3 Å². The molecule has 3 aromatic carbocycles. The first-order valence-corrected chi connectivity index (χ1v) is 11.4. The Kier molecular flexibility index (Phi) is 7.26. The quantitative estimate of drug-likeness (QED) is 0.328. The van der Waals surface area contributed by atoms with Crippen LogP contribution in [-0.4, -0.2) is 47.0 Å². The zero-order valence-electron chi connectivity index (χ0n) is 19.2. The number of aromatic hydroxyl groups is 1. The Labute approximate surface area is 200 Å². The lowest BCUT2D eigenvalue weighted by Crippen LogP contribution is -2.50. The van der Waals surface area contributed by atoms with Crippen LogP contribution in [0.2, 0.25) is 0 Å². The molecule has 0 radical (unpaired) electrons. The molecule has 34 heavy (non-hydrogen) atoms. The highest BCUT2D eigenvalue weighted by atomic mass is 16.3. The van der Waals surface area contributed by atoms with Crippen molar-refractivity contribution in [2.75, 3.05) is 31.5 Å². The molecule has 0 spiro atoms. The Morgan fingerprint density at radius 3 is 2.12 bits per heavy atom. The number of aryl methyl sites for hydroxylation is 1. The first-order chi connectivity index (χ1) is 16.6. The number of piperazine rings is 1. The number of hydrogen-bond donors (Lipinski definition) is 2. The maximum atomic E-state index is 13.0. The fraction of sp³-hybridized carbons (Fsp3) is 0.214. The Hall–Kier alpha value is -4.08.